The van der Waals surface area contributed by atoms with Crippen molar-refractivity contribution in [1.29, 1.82) is 0 Å². The SMILES string of the molecule is Cc1cc(C(C)CBr)on1. The van der Waals surface area contributed by atoms with E-state index in [1.807, 2.05) is 13.0 Å². The minimum absolute atomic E-state index is 0.418. The molecular weight excluding hydrogens is 194 g/mol. The molecule has 0 saturated heterocycles. The quantitative estimate of drug-likeness (QED) is 0.691. The molecule has 1 unspecified atom stereocenters. The fourth-order valence-electron chi connectivity index (χ4n) is 0.692. The average molecular weight is 204 g/mol. The fourth-order valence-corrected chi connectivity index (χ4v) is 1.01. The second-order valence-corrected chi connectivity index (χ2v) is 3.07. The maximum atomic E-state index is 5.04. The molecule has 0 fully saturated rings. The van der Waals surface area contributed by atoms with E-state index in [1.54, 1.807) is 0 Å². The van der Waals surface area contributed by atoms with Gasteiger partial charge >= 0.3 is 0 Å². The molecule has 0 amide bonds. The van der Waals surface area contributed by atoms with E-state index in [-0.39, 0.29) is 0 Å². The average Bonchev–Trinajstić information content (AvgIpc) is 2.34. The van der Waals surface area contributed by atoms with Gasteiger partial charge in [0.2, 0.25) is 0 Å². The lowest BCUT2D eigenvalue weighted by Gasteiger charge is -1.98. The van der Waals surface area contributed by atoms with E-state index < -0.39 is 0 Å². The number of alkyl halides is 1. The molecule has 1 heterocycles. The van der Waals surface area contributed by atoms with E-state index in [4.69, 9.17) is 4.52 Å². The van der Waals surface area contributed by atoms with Crippen LogP contribution in [0.15, 0.2) is 10.6 Å². The Morgan fingerprint density at radius 3 is 2.90 bits per heavy atom. The van der Waals surface area contributed by atoms with Crippen molar-refractivity contribution >= 4 is 15.9 Å². The van der Waals surface area contributed by atoms with Crippen LogP contribution in [-0.4, -0.2) is 10.5 Å². The Labute approximate surface area is 68.7 Å². The van der Waals surface area contributed by atoms with Gasteiger partial charge in [-0.05, 0) is 6.92 Å². The summed E-state index contributed by atoms with van der Waals surface area (Å²) < 4.78 is 5.04. The Morgan fingerprint density at radius 2 is 2.50 bits per heavy atom. The van der Waals surface area contributed by atoms with Crippen molar-refractivity contribution in [1.82, 2.24) is 5.16 Å². The van der Waals surface area contributed by atoms with Crippen LogP contribution in [-0.2, 0) is 0 Å². The zero-order valence-corrected chi connectivity index (χ0v) is 7.68. The standard InChI is InChI=1S/C7H10BrNO/c1-5(4-8)7-3-6(2)9-10-7/h3,5H,4H2,1-2H3. The van der Waals surface area contributed by atoms with Crippen molar-refractivity contribution < 1.29 is 4.52 Å². The van der Waals surface area contributed by atoms with Gasteiger partial charge in [0.15, 0.2) is 0 Å². The number of aromatic nitrogens is 1. The highest BCUT2D eigenvalue weighted by atomic mass is 79.9. The second-order valence-electron chi connectivity index (χ2n) is 2.43. The Hall–Kier alpha value is -0.310. The van der Waals surface area contributed by atoms with Crippen LogP contribution in [0, 0.1) is 6.92 Å². The maximum Gasteiger partial charge on any atom is 0.140 e. The van der Waals surface area contributed by atoms with Gasteiger partial charge in [0.1, 0.15) is 5.76 Å². The first-order chi connectivity index (χ1) is 4.74. The monoisotopic (exact) mass is 203 g/mol. The molecule has 56 valence electrons. The maximum absolute atomic E-state index is 5.04. The molecule has 0 bridgehead atoms. The minimum Gasteiger partial charge on any atom is -0.361 e. The molecular formula is C7H10BrNO. The number of rotatable bonds is 2. The molecule has 0 N–H and O–H groups in total. The lowest BCUT2D eigenvalue weighted by atomic mass is 10.1. The smallest absolute Gasteiger partial charge is 0.140 e. The van der Waals surface area contributed by atoms with E-state index in [0.29, 0.717) is 5.92 Å². The van der Waals surface area contributed by atoms with Crippen LogP contribution < -0.4 is 0 Å². The molecule has 1 atom stereocenters. The van der Waals surface area contributed by atoms with Crippen LogP contribution in [0.25, 0.3) is 0 Å². The number of aryl methyl sites for hydroxylation is 1. The molecule has 0 spiro atoms. The van der Waals surface area contributed by atoms with Crippen molar-refractivity contribution in [2.45, 2.75) is 19.8 Å². The molecule has 0 saturated carbocycles. The molecule has 10 heavy (non-hydrogen) atoms. The highest BCUT2D eigenvalue weighted by Crippen LogP contribution is 2.17. The van der Waals surface area contributed by atoms with E-state index in [1.165, 1.54) is 0 Å². The third kappa shape index (κ3) is 1.59. The summed E-state index contributed by atoms with van der Waals surface area (Å²) in [7, 11) is 0. The fraction of sp³-hybridized carbons (Fsp3) is 0.571. The van der Waals surface area contributed by atoms with Crippen molar-refractivity contribution in [3.8, 4) is 0 Å². The molecule has 0 radical (unpaired) electrons. The largest absolute Gasteiger partial charge is 0.361 e. The van der Waals surface area contributed by atoms with Crippen molar-refractivity contribution in [2.75, 3.05) is 5.33 Å². The highest BCUT2D eigenvalue weighted by molar-refractivity contribution is 9.09. The van der Waals surface area contributed by atoms with Crippen molar-refractivity contribution in [2.24, 2.45) is 0 Å². The van der Waals surface area contributed by atoms with E-state index >= 15 is 0 Å². The highest BCUT2D eigenvalue weighted by Gasteiger charge is 2.07. The van der Waals surface area contributed by atoms with Crippen LogP contribution in [0.1, 0.15) is 24.3 Å². The molecule has 0 aliphatic carbocycles. The van der Waals surface area contributed by atoms with Gasteiger partial charge in [-0.25, -0.2) is 0 Å². The minimum atomic E-state index is 0.418. The summed E-state index contributed by atoms with van der Waals surface area (Å²) in [6.07, 6.45) is 0. The summed E-state index contributed by atoms with van der Waals surface area (Å²) in [6, 6.07) is 1.96. The van der Waals surface area contributed by atoms with Gasteiger partial charge in [-0.1, -0.05) is 28.0 Å². The van der Waals surface area contributed by atoms with Crippen LogP contribution in [0.2, 0.25) is 0 Å². The summed E-state index contributed by atoms with van der Waals surface area (Å²) in [4.78, 5) is 0. The Kier molecular flexibility index (Phi) is 2.49. The molecule has 0 aromatic carbocycles. The van der Waals surface area contributed by atoms with E-state index in [9.17, 15) is 0 Å². The van der Waals surface area contributed by atoms with Gasteiger partial charge in [-0.3, -0.25) is 0 Å². The van der Waals surface area contributed by atoms with E-state index in [2.05, 4.69) is 28.0 Å². The predicted octanol–water partition coefficient (Wildman–Crippen LogP) is 2.48. The topological polar surface area (TPSA) is 26.0 Å². The molecule has 1 rings (SSSR count). The lowest BCUT2D eigenvalue weighted by Crippen LogP contribution is -1.90. The Morgan fingerprint density at radius 1 is 1.80 bits per heavy atom. The van der Waals surface area contributed by atoms with E-state index in [0.717, 1.165) is 16.8 Å². The summed E-state index contributed by atoms with van der Waals surface area (Å²) in [5.41, 5.74) is 0.947. The van der Waals surface area contributed by atoms with Crippen LogP contribution >= 0.6 is 15.9 Å². The third-order valence-corrected chi connectivity index (χ3v) is 2.33. The van der Waals surface area contributed by atoms with Gasteiger partial charge in [0.05, 0.1) is 5.69 Å². The first-order valence-electron chi connectivity index (χ1n) is 3.23. The summed E-state index contributed by atoms with van der Waals surface area (Å²) >= 11 is 3.37. The molecule has 0 aliphatic rings. The van der Waals surface area contributed by atoms with Gasteiger partial charge in [0.25, 0.3) is 0 Å². The lowest BCUT2D eigenvalue weighted by molar-refractivity contribution is 0.369. The molecule has 1 aromatic heterocycles. The van der Waals surface area contributed by atoms with Gasteiger partial charge in [-0.15, -0.1) is 0 Å². The first kappa shape index (κ1) is 7.79. The third-order valence-electron chi connectivity index (χ3n) is 1.36. The molecule has 2 nitrogen and oxygen atoms in total. The normalized spacial score (nSPS) is 13.5. The Bertz CT molecular complexity index is 209. The van der Waals surface area contributed by atoms with Crippen LogP contribution in [0.3, 0.4) is 0 Å². The van der Waals surface area contributed by atoms with Crippen LogP contribution in [0.4, 0.5) is 0 Å². The molecule has 1 aromatic rings. The Balaban J connectivity index is 2.74. The molecule has 3 heteroatoms. The van der Waals surface area contributed by atoms with Crippen LogP contribution in [0.5, 0.6) is 0 Å². The zero-order valence-electron chi connectivity index (χ0n) is 6.10. The number of hydrogen-bond donors (Lipinski definition) is 0. The second kappa shape index (κ2) is 3.19. The summed E-state index contributed by atoms with van der Waals surface area (Å²) in [5.74, 6) is 1.37. The number of halogens is 1. The number of hydrogen-bond acceptors (Lipinski definition) is 2. The van der Waals surface area contributed by atoms with Crippen molar-refractivity contribution in [3.05, 3.63) is 17.5 Å². The predicted molar refractivity (Wildman–Crippen MR) is 43.4 cm³/mol. The van der Waals surface area contributed by atoms with Gasteiger partial charge in [-0.2, -0.15) is 0 Å². The summed E-state index contributed by atoms with van der Waals surface area (Å²) in [5, 5.41) is 4.71. The number of nitrogens with zero attached hydrogens (tertiary/aromatic N) is 1. The first-order valence-corrected chi connectivity index (χ1v) is 4.35. The summed E-state index contributed by atoms with van der Waals surface area (Å²) in [6.45, 7) is 4.02. The van der Waals surface area contributed by atoms with Crippen molar-refractivity contribution in [3.63, 3.8) is 0 Å². The van der Waals surface area contributed by atoms with Gasteiger partial charge in [0, 0.05) is 17.3 Å². The zero-order chi connectivity index (χ0) is 7.56. The van der Waals surface area contributed by atoms with Gasteiger partial charge < -0.3 is 4.52 Å². The molecule has 0 aliphatic heterocycles.